The molecule has 1 heterocycles. The maximum atomic E-state index is 8.83. The van der Waals surface area contributed by atoms with Crippen LogP contribution in [0.3, 0.4) is 0 Å². The zero-order chi connectivity index (χ0) is 11.4. The van der Waals surface area contributed by atoms with Crippen LogP contribution in [0.25, 0.3) is 10.8 Å². The molecule has 0 aliphatic carbocycles. The molecule has 1 aromatic carbocycles. The molecular formula is C12H13NO2S. The Morgan fingerprint density at radius 1 is 1.38 bits per heavy atom. The fourth-order valence-electron chi connectivity index (χ4n) is 1.51. The zero-order valence-electron chi connectivity index (χ0n) is 9.01. The van der Waals surface area contributed by atoms with E-state index in [-0.39, 0.29) is 6.61 Å². The lowest BCUT2D eigenvalue weighted by atomic mass is 10.2. The standard InChI is InChI=1S/C12H13NO2S/c1-15-10-3-2-9-4-5-13-12(11(9)8-10)16-7-6-14/h2-5,8,14H,6-7H2,1H3. The number of fused-ring (bicyclic) bond motifs is 1. The van der Waals surface area contributed by atoms with Crippen molar-refractivity contribution in [1.82, 2.24) is 4.98 Å². The maximum absolute atomic E-state index is 8.83. The normalized spacial score (nSPS) is 10.6. The first kappa shape index (κ1) is 11.2. The van der Waals surface area contributed by atoms with E-state index in [4.69, 9.17) is 9.84 Å². The van der Waals surface area contributed by atoms with Gasteiger partial charge in [0.25, 0.3) is 0 Å². The van der Waals surface area contributed by atoms with Crippen LogP contribution in [-0.4, -0.2) is 29.6 Å². The largest absolute Gasteiger partial charge is 0.497 e. The minimum atomic E-state index is 0.159. The molecule has 0 saturated heterocycles. The van der Waals surface area contributed by atoms with Crippen LogP contribution >= 0.6 is 11.8 Å². The van der Waals surface area contributed by atoms with E-state index in [0.29, 0.717) is 5.75 Å². The van der Waals surface area contributed by atoms with Gasteiger partial charge in [0.05, 0.1) is 13.7 Å². The highest BCUT2D eigenvalue weighted by molar-refractivity contribution is 7.99. The number of hydrogen-bond acceptors (Lipinski definition) is 4. The Bertz CT molecular complexity index is 487. The number of methoxy groups -OCH3 is 1. The van der Waals surface area contributed by atoms with E-state index >= 15 is 0 Å². The zero-order valence-corrected chi connectivity index (χ0v) is 9.83. The molecule has 0 fully saturated rings. The molecule has 1 N–H and O–H groups in total. The van der Waals surface area contributed by atoms with Crippen LogP contribution in [0, 0.1) is 0 Å². The van der Waals surface area contributed by atoms with Crippen molar-refractivity contribution in [2.75, 3.05) is 19.5 Å². The van der Waals surface area contributed by atoms with Crippen molar-refractivity contribution in [2.24, 2.45) is 0 Å². The molecule has 0 aliphatic rings. The highest BCUT2D eigenvalue weighted by Crippen LogP contribution is 2.28. The summed E-state index contributed by atoms with van der Waals surface area (Å²) >= 11 is 1.55. The number of rotatable bonds is 4. The molecule has 0 amide bonds. The molecule has 3 nitrogen and oxygen atoms in total. The highest BCUT2D eigenvalue weighted by Gasteiger charge is 2.04. The number of aliphatic hydroxyl groups is 1. The third kappa shape index (κ3) is 2.28. The van der Waals surface area contributed by atoms with Crippen LogP contribution in [0.2, 0.25) is 0 Å². The number of hydrogen-bond donors (Lipinski definition) is 1. The van der Waals surface area contributed by atoms with Gasteiger partial charge < -0.3 is 9.84 Å². The molecule has 0 bridgehead atoms. The maximum Gasteiger partial charge on any atom is 0.119 e. The van der Waals surface area contributed by atoms with Crippen molar-refractivity contribution >= 4 is 22.5 Å². The molecule has 84 valence electrons. The Morgan fingerprint density at radius 2 is 2.25 bits per heavy atom. The van der Waals surface area contributed by atoms with E-state index in [1.165, 1.54) is 0 Å². The van der Waals surface area contributed by atoms with E-state index in [9.17, 15) is 0 Å². The quantitative estimate of drug-likeness (QED) is 0.826. The summed E-state index contributed by atoms with van der Waals surface area (Å²) in [6, 6.07) is 7.89. The van der Waals surface area contributed by atoms with Gasteiger partial charge in [-0.2, -0.15) is 0 Å². The molecule has 0 saturated carbocycles. The van der Waals surface area contributed by atoms with Gasteiger partial charge in [-0.15, -0.1) is 11.8 Å². The van der Waals surface area contributed by atoms with Crippen molar-refractivity contribution in [2.45, 2.75) is 5.03 Å². The lowest BCUT2D eigenvalue weighted by molar-refractivity contribution is 0.322. The van der Waals surface area contributed by atoms with Gasteiger partial charge in [-0.25, -0.2) is 4.98 Å². The van der Waals surface area contributed by atoms with Crippen molar-refractivity contribution in [3.63, 3.8) is 0 Å². The number of aromatic nitrogens is 1. The molecule has 0 radical (unpaired) electrons. The van der Waals surface area contributed by atoms with Gasteiger partial charge >= 0.3 is 0 Å². The second kappa shape index (κ2) is 5.18. The summed E-state index contributed by atoms with van der Waals surface area (Å²) < 4.78 is 5.20. The predicted molar refractivity (Wildman–Crippen MR) is 66.1 cm³/mol. The van der Waals surface area contributed by atoms with Crippen LogP contribution in [0.1, 0.15) is 0 Å². The minimum Gasteiger partial charge on any atom is -0.497 e. The second-order valence-electron chi connectivity index (χ2n) is 3.28. The highest BCUT2D eigenvalue weighted by atomic mass is 32.2. The van der Waals surface area contributed by atoms with Crippen molar-refractivity contribution < 1.29 is 9.84 Å². The Balaban J connectivity index is 2.46. The summed E-state index contributed by atoms with van der Waals surface area (Å²) in [6.07, 6.45) is 1.79. The van der Waals surface area contributed by atoms with Gasteiger partial charge in [0.15, 0.2) is 0 Å². The number of benzene rings is 1. The van der Waals surface area contributed by atoms with Crippen LogP contribution < -0.4 is 4.74 Å². The molecule has 4 heteroatoms. The molecule has 16 heavy (non-hydrogen) atoms. The van der Waals surface area contributed by atoms with Crippen molar-refractivity contribution in [3.8, 4) is 5.75 Å². The van der Waals surface area contributed by atoms with Crippen LogP contribution in [0.4, 0.5) is 0 Å². The van der Waals surface area contributed by atoms with Crippen molar-refractivity contribution in [3.05, 3.63) is 30.5 Å². The average Bonchev–Trinajstić information content (AvgIpc) is 2.35. The lowest BCUT2D eigenvalue weighted by Crippen LogP contribution is -1.90. The molecule has 2 rings (SSSR count). The van der Waals surface area contributed by atoms with E-state index in [1.807, 2.05) is 24.3 Å². The lowest BCUT2D eigenvalue weighted by Gasteiger charge is -2.06. The topological polar surface area (TPSA) is 42.4 Å². The van der Waals surface area contributed by atoms with Crippen LogP contribution in [0.5, 0.6) is 5.75 Å². The number of ether oxygens (including phenoxy) is 1. The fourth-order valence-corrected chi connectivity index (χ4v) is 2.26. The van der Waals surface area contributed by atoms with Crippen LogP contribution in [0.15, 0.2) is 35.5 Å². The van der Waals surface area contributed by atoms with Crippen molar-refractivity contribution in [1.29, 1.82) is 0 Å². The number of aliphatic hydroxyl groups excluding tert-OH is 1. The average molecular weight is 235 g/mol. The molecule has 0 atom stereocenters. The minimum absolute atomic E-state index is 0.159. The van der Waals surface area contributed by atoms with Crippen LogP contribution in [-0.2, 0) is 0 Å². The first-order valence-corrected chi connectivity index (χ1v) is 6.00. The molecule has 1 aromatic heterocycles. The number of thioether (sulfide) groups is 1. The predicted octanol–water partition coefficient (Wildman–Crippen LogP) is 2.33. The Hall–Kier alpha value is -1.26. The van der Waals surface area contributed by atoms with Gasteiger partial charge in [-0.3, -0.25) is 0 Å². The summed E-state index contributed by atoms with van der Waals surface area (Å²) in [5.41, 5.74) is 0. The number of nitrogens with zero attached hydrogens (tertiary/aromatic N) is 1. The number of pyridine rings is 1. The monoisotopic (exact) mass is 235 g/mol. The van der Waals surface area contributed by atoms with Gasteiger partial charge in [0, 0.05) is 17.3 Å². The third-order valence-corrected chi connectivity index (χ3v) is 3.25. The third-order valence-electron chi connectivity index (χ3n) is 2.27. The molecular weight excluding hydrogens is 222 g/mol. The molecule has 0 unspecified atom stereocenters. The summed E-state index contributed by atoms with van der Waals surface area (Å²) in [7, 11) is 1.65. The first-order valence-electron chi connectivity index (χ1n) is 5.01. The van der Waals surface area contributed by atoms with Gasteiger partial charge in [-0.1, -0.05) is 6.07 Å². The Morgan fingerprint density at radius 3 is 3.00 bits per heavy atom. The first-order chi connectivity index (χ1) is 7.85. The summed E-state index contributed by atoms with van der Waals surface area (Å²) in [6.45, 7) is 0.159. The van der Waals surface area contributed by atoms with Gasteiger partial charge in [-0.05, 0) is 23.6 Å². The van der Waals surface area contributed by atoms with E-state index in [0.717, 1.165) is 21.5 Å². The Kier molecular flexibility index (Phi) is 3.64. The van der Waals surface area contributed by atoms with E-state index in [2.05, 4.69) is 4.98 Å². The SMILES string of the molecule is COc1ccc2ccnc(SCCO)c2c1. The summed E-state index contributed by atoms with van der Waals surface area (Å²) in [5.74, 6) is 1.48. The van der Waals surface area contributed by atoms with Gasteiger partial charge in [0.2, 0.25) is 0 Å². The van der Waals surface area contributed by atoms with Gasteiger partial charge in [0.1, 0.15) is 10.8 Å². The van der Waals surface area contributed by atoms with E-state index in [1.54, 1.807) is 25.1 Å². The Labute approximate surface area is 98.5 Å². The summed E-state index contributed by atoms with van der Waals surface area (Å²) in [4.78, 5) is 4.32. The molecule has 0 aliphatic heterocycles. The second-order valence-corrected chi connectivity index (χ2v) is 4.36. The molecule has 2 aromatic rings. The smallest absolute Gasteiger partial charge is 0.119 e. The fraction of sp³-hybridized carbons (Fsp3) is 0.250. The van der Waals surface area contributed by atoms with E-state index < -0.39 is 0 Å². The summed E-state index contributed by atoms with van der Waals surface area (Å²) in [5, 5.41) is 12.0. The molecule has 0 spiro atoms.